The first-order valence-electron chi connectivity index (χ1n) is 9.09. The van der Waals surface area contributed by atoms with E-state index in [1.54, 1.807) is 13.8 Å². The largest absolute Gasteiger partial charge is 0.509 e. The molecule has 0 spiro atoms. The van der Waals surface area contributed by atoms with Crippen LogP contribution in [0.2, 0.25) is 0 Å². The monoisotopic (exact) mass is 418 g/mol. The number of aliphatic hydroxyl groups excluding tert-OH is 2. The molecule has 9 heteroatoms. The molecule has 1 aliphatic rings. The van der Waals surface area contributed by atoms with Crippen LogP contribution < -0.4 is 4.74 Å². The number of aliphatic carboxylic acids is 1. The van der Waals surface area contributed by atoms with Crippen LogP contribution >= 0.6 is 0 Å². The van der Waals surface area contributed by atoms with Gasteiger partial charge in [0.2, 0.25) is 0 Å². The number of hydrogen-bond donors (Lipinski definition) is 3. The summed E-state index contributed by atoms with van der Waals surface area (Å²) in [7, 11) is 0. The first-order chi connectivity index (χ1) is 13.4. The summed E-state index contributed by atoms with van der Waals surface area (Å²) in [5.74, 6) is -2.13. The maximum atomic E-state index is 12.6. The van der Waals surface area contributed by atoms with Crippen LogP contribution in [0, 0.1) is 11.8 Å². The number of rotatable bonds is 5. The molecule has 6 nitrogen and oxygen atoms in total. The third kappa shape index (κ3) is 6.77. The lowest BCUT2D eigenvalue weighted by atomic mass is 9.89. The predicted octanol–water partition coefficient (Wildman–Crippen LogP) is 4.33. The number of benzene rings is 1. The molecule has 1 aromatic carbocycles. The second kappa shape index (κ2) is 10.3. The number of halogens is 3. The smallest absolute Gasteiger partial charge is 0.416 e. The van der Waals surface area contributed by atoms with Gasteiger partial charge >= 0.3 is 6.18 Å². The average molecular weight is 418 g/mol. The standard InChI is InChI=1S/C18H21F3O4.C2H4O2/c1-3-12-14(23)9-15(24)16(12)17(13(22)4-2)25-11-7-5-10(6-8-11)18(19,20)21;1-2(3)4/h5-8,12,15-16,22,24H,3-4,9H2,1-2H3;1H3,(H,3,4)/t12-,15+,16+;/m0./s1. The molecule has 3 atom stereocenters. The molecule has 0 radical (unpaired) electrons. The maximum absolute atomic E-state index is 12.6. The van der Waals surface area contributed by atoms with Crippen molar-refractivity contribution in [2.24, 2.45) is 11.8 Å². The maximum Gasteiger partial charge on any atom is 0.416 e. The highest BCUT2D eigenvalue weighted by atomic mass is 19.4. The Labute approximate surface area is 166 Å². The Balaban J connectivity index is 0.000000960. The van der Waals surface area contributed by atoms with Gasteiger partial charge in [0.25, 0.3) is 5.97 Å². The summed E-state index contributed by atoms with van der Waals surface area (Å²) in [5.41, 5.74) is -0.812. The van der Waals surface area contributed by atoms with E-state index in [0.717, 1.165) is 31.2 Å². The molecule has 3 N–H and O–H groups in total. The van der Waals surface area contributed by atoms with E-state index in [4.69, 9.17) is 14.6 Å². The van der Waals surface area contributed by atoms with Gasteiger partial charge in [0.05, 0.1) is 17.6 Å². The average Bonchev–Trinajstić information content (AvgIpc) is 2.91. The molecule has 1 aromatic rings. The van der Waals surface area contributed by atoms with Crippen LogP contribution in [0.25, 0.3) is 0 Å². The van der Waals surface area contributed by atoms with E-state index in [0.29, 0.717) is 6.42 Å². The van der Waals surface area contributed by atoms with E-state index in [-0.39, 0.29) is 35.9 Å². The molecular weight excluding hydrogens is 393 g/mol. The van der Waals surface area contributed by atoms with Gasteiger partial charge in [0.15, 0.2) is 0 Å². The first-order valence-corrected chi connectivity index (χ1v) is 9.09. The molecule has 0 heterocycles. The quantitative estimate of drug-likeness (QED) is 0.615. The Morgan fingerprint density at radius 3 is 2.10 bits per heavy atom. The second-order valence-corrected chi connectivity index (χ2v) is 6.59. The Morgan fingerprint density at radius 2 is 1.69 bits per heavy atom. The van der Waals surface area contributed by atoms with Gasteiger partial charge in [-0.05, 0) is 30.7 Å². The molecular formula is C20H25F3O6. The van der Waals surface area contributed by atoms with Crippen molar-refractivity contribution >= 4 is 11.8 Å². The molecule has 0 unspecified atom stereocenters. The number of carboxylic acid groups (broad SMARTS) is 1. The molecule has 1 saturated carbocycles. The lowest BCUT2D eigenvalue weighted by Gasteiger charge is -2.24. The van der Waals surface area contributed by atoms with Crippen molar-refractivity contribution in [3.63, 3.8) is 0 Å². The van der Waals surface area contributed by atoms with Gasteiger partial charge in [0, 0.05) is 25.7 Å². The summed E-state index contributed by atoms with van der Waals surface area (Å²) in [4.78, 5) is 21.0. The van der Waals surface area contributed by atoms with Crippen LogP contribution in [0.4, 0.5) is 13.2 Å². The number of carbonyl (C=O) groups is 2. The summed E-state index contributed by atoms with van der Waals surface area (Å²) >= 11 is 0. The minimum Gasteiger partial charge on any atom is -0.509 e. The lowest BCUT2D eigenvalue weighted by molar-refractivity contribution is -0.137. The second-order valence-electron chi connectivity index (χ2n) is 6.59. The summed E-state index contributed by atoms with van der Waals surface area (Å²) in [6, 6.07) is 4.05. The zero-order valence-corrected chi connectivity index (χ0v) is 16.4. The van der Waals surface area contributed by atoms with Gasteiger partial charge in [-0.2, -0.15) is 13.2 Å². The summed E-state index contributed by atoms with van der Waals surface area (Å²) < 4.78 is 43.5. The van der Waals surface area contributed by atoms with E-state index in [1.165, 1.54) is 0 Å². The fourth-order valence-corrected chi connectivity index (χ4v) is 3.12. The predicted molar refractivity (Wildman–Crippen MR) is 98.2 cm³/mol. The lowest BCUT2D eigenvalue weighted by Crippen LogP contribution is -2.26. The third-order valence-electron chi connectivity index (χ3n) is 4.44. The fraction of sp³-hybridized carbons (Fsp3) is 0.500. The zero-order chi connectivity index (χ0) is 22.4. The molecule has 2 rings (SSSR count). The summed E-state index contributed by atoms with van der Waals surface area (Å²) in [6.45, 7) is 4.56. The number of ketones is 1. The van der Waals surface area contributed by atoms with Crippen molar-refractivity contribution in [2.75, 3.05) is 0 Å². The van der Waals surface area contributed by atoms with E-state index in [9.17, 15) is 28.2 Å². The Bertz CT molecular complexity index is 736. The highest BCUT2D eigenvalue weighted by Gasteiger charge is 2.44. The molecule has 29 heavy (non-hydrogen) atoms. The van der Waals surface area contributed by atoms with Crippen molar-refractivity contribution in [1.29, 1.82) is 0 Å². The number of allylic oxidation sites excluding steroid dienone is 1. The number of hydrogen-bond acceptors (Lipinski definition) is 5. The highest BCUT2D eigenvalue weighted by molar-refractivity contribution is 5.84. The molecule has 0 amide bonds. The molecule has 0 aromatic heterocycles. The minimum absolute atomic E-state index is 0.0277. The van der Waals surface area contributed by atoms with Gasteiger partial charge in [-0.3, -0.25) is 9.59 Å². The summed E-state index contributed by atoms with van der Waals surface area (Å²) in [6.07, 6.45) is -4.79. The van der Waals surface area contributed by atoms with Gasteiger partial charge in [0.1, 0.15) is 23.1 Å². The molecule has 1 aliphatic carbocycles. The van der Waals surface area contributed by atoms with E-state index < -0.39 is 35.6 Å². The van der Waals surface area contributed by atoms with Crippen molar-refractivity contribution in [3.05, 3.63) is 41.3 Å². The van der Waals surface area contributed by atoms with Crippen LogP contribution in [0.1, 0.15) is 45.6 Å². The van der Waals surface area contributed by atoms with Crippen LogP contribution in [-0.2, 0) is 15.8 Å². The van der Waals surface area contributed by atoms with Gasteiger partial charge in [-0.25, -0.2) is 0 Å². The zero-order valence-electron chi connectivity index (χ0n) is 16.4. The van der Waals surface area contributed by atoms with Crippen LogP contribution in [-0.4, -0.2) is 33.2 Å². The normalized spacial score (nSPS) is 22.4. The number of alkyl halides is 3. The molecule has 0 saturated heterocycles. The fourth-order valence-electron chi connectivity index (χ4n) is 3.12. The number of carbonyl (C=O) groups excluding carboxylic acids is 1. The highest BCUT2D eigenvalue weighted by Crippen LogP contribution is 2.39. The molecule has 0 aliphatic heterocycles. The van der Waals surface area contributed by atoms with Gasteiger partial charge in [-0.15, -0.1) is 0 Å². The van der Waals surface area contributed by atoms with Crippen LogP contribution in [0.15, 0.2) is 35.8 Å². The first kappa shape index (κ1) is 24.5. The Hall–Kier alpha value is -2.55. The number of Topliss-reactive ketones (excluding diaryl/α,β-unsaturated/α-hetero) is 1. The number of aliphatic hydroxyl groups is 2. The van der Waals surface area contributed by atoms with Gasteiger partial charge < -0.3 is 20.1 Å². The van der Waals surface area contributed by atoms with E-state index >= 15 is 0 Å². The van der Waals surface area contributed by atoms with E-state index in [2.05, 4.69) is 0 Å². The van der Waals surface area contributed by atoms with Crippen molar-refractivity contribution in [3.8, 4) is 5.75 Å². The Kier molecular flexibility index (Phi) is 8.69. The van der Waals surface area contributed by atoms with Crippen LogP contribution in [0.5, 0.6) is 5.75 Å². The Morgan fingerprint density at radius 1 is 1.17 bits per heavy atom. The number of carboxylic acids is 1. The number of ether oxygens (including phenoxy) is 1. The molecule has 1 fully saturated rings. The topological polar surface area (TPSA) is 104 Å². The summed E-state index contributed by atoms with van der Waals surface area (Å²) in [5, 5.41) is 27.8. The third-order valence-corrected chi connectivity index (χ3v) is 4.44. The van der Waals surface area contributed by atoms with Crippen molar-refractivity contribution in [2.45, 2.75) is 52.3 Å². The minimum atomic E-state index is -4.45. The SMILES string of the molecule is CC(=O)O.CCC(O)=C(Oc1ccc(C(F)(F)F)cc1)[C@H]1[C@H](O)CC(=O)[C@@H]1CC. The van der Waals surface area contributed by atoms with Crippen molar-refractivity contribution in [1.82, 2.24) is 0 Å². The van der Waals surface area contributed by atoms with Gasteiger partial charge in [-0.1, -0.05) is 13.8 Å². The molecule has 162 valence electrons. The van der Waals surface area contributed by atoms with Crippen molar-refractivity contribution < 1.29 is 42.8 Å². The van der Waals surface area contributed by atoms with Crippen LogP contribution in [0.3, 0.4) is 0 Å². The van der Waals surface area contributed by atoms with E-state index in [1.807, 2.05) is 0 Å². The molecule has 0 bridgehead atoms.